The summed E-state index contributed by atoms with van der Waals surface area (Å²) < 4.78 is 15.9. The molecule has 1 amide bonds. The molecule has 0 saturated heterocycles. The highest BCUT2D eigenvalue weighted by Gasteiger charge is 2.16. The van der Waals surface area contributed by atoms with E-state index < -0.39 is 6.09 Å². The minimum absolute atomic E-state index is 0.108. The normalized spacial score (nSPS) is 11.7. The molecule has 0 atom stereocenters. The van der Waals surface area contributed by atoms with Crippen molar-refractivity contribution in [2.45, 2.75) is 208 Å². The van der Waals surface area contributed by atoms with Gasteiger partial charge in [0.1, 0.15) is 19.3 Å². The lowest BCUT2D eigenvalue weighted by Gasteiger charge is -2.27. The average molecular weight is 751 g/mol. The van der Waals surface area contributed by atoms with Crippen molar-refractivity contribution in [2.24, 2.45) is 11.1 Å². The number of allylic oxidation sites excluding steroid dienone is 2. The molecule has 0 aliphatic heterocycles. The van der Waals surface area contributed by atoms with Crippen molar-refractivity contribution in [3.8, 4) is 0 Å². The molecule has 0 unspecified atom stereocenters. The number of hydrogen-bond donors (Lipinski definition) is 1. The number of unbranched alkanes of at least 4 members (excludes halogenated alkanes) is 16. The fraction of sp³-hybridized carbons (Fsp3) is 0.844. The van der Waals surface area contributed by atoms with Crippen LogP contribution in [0.4, 0.5) is 4.79 Å². The highest BCUT2D eigenvalue weighted by molar-refractivity contribution is 5.69. The Bertz CT molecular complexity index is 849. The van der Waals surface area contributed by atoms with Crippen LogP contribution in [-0.4, -0.2) is 62.9 Å². The number of carbonyl (C=O) groups excluding carboxylic acids is 3. The lowest BCUT2D eigenvalue weighted by atomic mass is 9.88. The molecule has 0 aromatic heterocycles. The van der Waals surface area contributed by atoms with E-state index in [-0.39, 0.29) is 18.0 Å². The Balaban J connectivity index is 0. The molecule has 8 heteroatoms. The third-order valence-electron chi connectivity index (χ3n) is 9.23. The number of primary amides is 1. The van der Waals surface area contributed by atoms with Crippen LogP contribution >= 0.6 is 0 Å². The molecule has 0 spiro atoms. The second kappa shape index (κ2) is 39.3. The average Bonchev–Trinajstić information content (AvgIpc) is 3.09. The SMILES string of the molecule is CCCC(C)(C)CN(C)C.CCCCC/C=C/COC(=O)CCCCCCCCC(CCCCCCCCC(=O)OC/C=C/CCCCC)OC(N)=O. The summed E-state index contributed by atoms with van der Waals surface area (Å²) in [6, 6.07) is 0. The number of esters is 2. The number of amides is 1. The quantitative estimate of drug-likeness (QED) is 0.0297. The summed E-state index contributed by atoms with van der Waals surface area (Å²) >= 11 is 0. The van der Waals surface area contributed by atoms with Gasteiger partial charge in [-0.2, -0.15) is 0 Å². The van der Waals surface area contributed by atoms with Gasteiger partial charge in [-0.3, -0.25) is 9.59 Å². The van der Waals surface area contributed by atoms with E-state index in [1.54, 1.807) is 0 Å². The van der Waals surface area contributed by atoms with Crippen LogP contribution in [0.1, 0.15) is 202 Å². The predicted octanol–water partition coefficient (Wildman–Crippen LogP) is 12.4. The first kappa shape index (κ1) is 52.8. The molecule has 0 rings (SSSR count). The van der Waals surface area contributed by atoms with Crippen LogP contribution in [0.25, 0.3) is 0 Å². The Kier molecular flexibility index (Phi) is 39.2. The summed E-state index contributed by atoms with van der Waals surface area (Å²) in [6.45, 7) is 13.3. The number of nitrogens with two attached hydrogens (primary N) is 1. The molecule has 0 fully saturated rings. The van der Waals surface area contributed by atoms with E-state index in [0.29, 0.717) is 31.5 Å². The maximum atomic E-state index is 11.8. The minimum Gasteiger partial charge on any atom is -0.461 e. The van der Waals surface area contributed by atoms with Gasteiger partial charge >= 0.3 is 18.0 Å². The highest BCUT2D eigenvalue weighted by Crippen LogP contribution is 2.22. The first-order valence-corrected chi connectivity index (χ1v) is 21.7. The van der Waals surface area contributed by atoms with Gasteiger partial charge in [0.25, 0.3) is 0 Å². The van der Waals surface area contributed by atoms with E-state index in [4.69, 9.17) is 19.9 Å². The summed E-state index contributed by atoms with van der Waals surface area (Å²) in [7, 11) is 4.27. The van der Waals surface area contributed by atoms with Crippen LogP contribution in [0.15, 0.2) is 24.3 Å². The molecule has 0 heterocycles. The van der Waals surface area contributed by atoms with Crippen LogP contribution < -0.4 is 5.73 Å². The smallest absolute Gasteiger partial charge is 0.404 e. The van der Waals surface area contributed by atoms with E-state index in [2.05, 4.69) is 65.8 Å². The first-order valence-electron chi connectivity index (χ1n) is 21.7. The van der Waals surface area contributed by atoms with Gasteiger partial charge in [0, 0.05) is 19.4 Å². The second-order valence-corrected chi connectivity index (χ2v) is 15.8. The van der Waals surface area contributed by atoms with Crippen molar-refractivity contribution in [3.63, 3.8) is 0 Å². The van der Waals surface area contributed by atoms with Crippen LogP contribution in [0, 0.1) is 5.41 Å². The van der Waals surface area contributed by atoms with Crippen LogP contribution in [0.2, 0.25) is 0 Å². The Hall–Kier alpha value is -2.35. The molecule has 312 valence electrons. The van der Waals surface area contributed by atoms with Gasteiger partial charge in [0.15, 0.2) is 0 Å². The van der Waals surface area contributed by atoms with Gasteiger partial charge in [-0.15, -0.1) is 0 Å². The van der Waals surface area contributed by atoms with Crippen LogP contribution in [-0.2, 0) is 23.8 Å². The summed E-state index contributed by atoms with van der Waals surface area (Å²) in [4.78, 5) is 37.2. The van der Waals surface area contributed by atoms with Gasteiger partial charge in [0.05, 0.1) is 0 Å². The fourth-order valence-electron chi connectivity index (χ4n) is 6.56. The van der Waals surface area contributed by atoms with Gasteiger partial charge in [-0.05, 0) is 90.1 Å². The number of rotatable bonds is 35. The van der Waals surface area contributed by atoms with E-state index >= 15 is 0 Å². The van der Waals surface area contributed by atoms with Crippen molar-refractivity contribution >= 4 is 18.0 Å². The second-order valence-electron chi connectivity index (χ2n) is 15.8. The third kappa shape index (κ3) is 43.9. The van der Waals surface area contributed by atoms with Gasteiger partial charge in [-0.1, -0.05) is 142 Å². The van der Waals surface area contributed by atoms with E-state index in [9.17, 15) is 14.4 Å². The van der Waals surface area contributed by atoms with Gasteiger partial charge < -0.3 is 24.8 Å². The molecule has 0 aromatic rings. The summed E-state index contributed by atoms with van der Waals surface area (Å²) in [5, 5.41) is 0. The number of nitrogens with zero attached hydrogens (tertiary/aromatic N) is 1. The summed E-state index contributed by atoms with van der Waals surface area (Å²) in [5.41, 5.74) is 5.79. The first-order chi connectivity index (χ1) is 25.5. The largest absolute Gasteiger partial charge is 0.461 e. The summed E-state index contributed by atoms with van der Waals surface area (Å²) in [6.07, 6.45) is 34.4. The Morgan fingerprint density at radius 2 is 1.00 bits per heavy atom. The molecular weight excluding hydrogens is 665 g/mol. The lowest BCUT2D eigenvalue weighted by molar-refractivity contribution is -0.143. The zero-order valence-corrected chi connectivity index (χ0v) is 35.9. The molecule has 2 N–H and O–H groups in total. The molecule has 0 aliphatic carbocycles. The van der Waals surface area contributed by atoms with Gasteiger partial charge in [-0.25, -0.2) is 4.79 Å². The van der Waals surface area contributed by atoms with E-state index in [1.807, 2.05) is 12.2 Å². The molecule has 53 heavy (non-hydrogen) atoms. The maximum absolute atomic E-state index is 11.8. The minimum atomic E-state index is -0.692. The highest BCUT2D eigenvalue weighted by atomic mass is 16.6. The Morgan fingerprint density at radius 1 is 0.585 bits per heavy atom. The van der Waals surface area contributed by atoms with Crippen molar-refractivity contribution in [1.29, 1.82) is 0 Å². The van der Waals surface area contributed by atoms with Crippen LogP contribution in [0.3, 0.4) is 0 Å². The van der Waals surface area contributed by atoms with Crippen LogP contribution in [0.5, 0.6) is 0 Å². The monoisotopic (exact) mass is 751 g/mol. The molecular formula is C45H86N2O6. The number of ether oxygens (including phenoxy) is 3. The molecule has 0 aromatic carbocycles. The summed E-state index contributed by atoms with van der Waals surface area (Å²) in [5.74, 6) is -0.220. The molecule has 0 saturated carbocycles. The van der Waals surface area contributed by atoms with Gasteiger partial charge in [0.2, 0.25) is 0 Å². The molecule has 8 nitrogen and oxygen atoms in total. The van der Waals surface area contributed by atoms with Crippen molar-refractivity contribution < 1.29 is 28.6 Å². The van der Waals surface area contributed by atoms with Crippen molar-refractivity contribution in [3.05, 3.63) is 24.3 Å². The third-order valence-corrected chi connectivity index (χ3v) is 9.23. The standard InChI is InChI=1S/C36H65NO6.C9H21N/c1-3-5-7-9-19-25-31-41-34(38)29-23-17-13-11-15-21-27-33(43-36(37)40)28-22-16-12-14-18-24-30-35(39)42-32-26-20-10-8-6-4-2;1-6-7-9(2,3)8-10(4)5/h19-20,25-26,33H,3-18,21-24,27-32H2,1-2H3,(H2,37,40);6-8H2,1-5H3/b25-19+,26-20+;. The predicted molar refractivity (Wildman–Crippen MR) is 224 cm³/mol. The Morgan fingerprint density at radius 3 is 1.38 bits per heavy atom. The lowest BCUT2D eigenvalue weighted by Crippen LogP contribution is -2.28. The van der Waals surface area contributed by atoms with Crippen molar-refractivity contribution in [2.75, 3.05) is 33.9 Å². The topological polar surface area (TPSA) is 108 Å². The molecule has 0 bridgehead atoms. The number of hydrogen-bond acceptors (Lipinski definition) is 7. The molecule has 0 radical (unpaired) electrons. The number of carbonyl (C=O) groups is 3. The zero-order chi connectivity index (χ0) is 39.8. The van der Waals surface area contributed by atoms with Crippen molar-refractivity contribution in [1.82, 2.24) is 4.90 Å². The Labute approximate surface area is 327 Å². The zero-order valence-electron chi connectivity index (χ0n) is 35.9. The maximum Gasteiger partial charge on any atom is 0.404 e. The molecule has 0 aliphatic rings. The van der Waals surface area contributed by atoms with E-state index in [1.165, 1.54) is 57.9 Å². The fourth-order valence-corrected chi connectivity index (χ4v) is 6.56. The van der Waals surface area contributed by atoms with E-state index in [0.717, 1.165) is 103 Å².